The normalized spacial score (nSPS) is 10.7. The van der Waals surface area contributed by atoms with E-state index in [0.717, 1.165) is 16.7 Å². The van der Waals surface area contributed by atoms with Gasteiger partial charge in [-0.2, -0.15) is 4.98 Å². The van der Waals surface area contributed by atoms with E-state index in [4.69, 9.17) is 4.74 Å². The van der Waals surface area contributed by atoms with E-state index in [1.807, 2.05) is 47.0 Å². The summed E-state index contributed by atoms with van der Waals surface area (Å²) in [7, 11) is 1.49. The summed E-state index contributed by atoms with van der Waals surface area (Å²) < 4.78 is 7.20. The lowest BCUT2D eigenvalue weighted by Crippen LogP contribution is -2.17. The second-order valence-corrected chi connectivity index (χ2v) is 6.94. The fourth-order valence-electron chi connectivity index (χ4n) is 3.38. The summed E-state index contributed by atoms with van der Waals surface area (Å²) >= 11 is 0. The lowest BCUT2D eigenvalue weighted by atomic mass is 10.0. The zero-order chi connectivity index (χ0) is 20.2. The van der Waals surface area contributed by atoms with Crippen molar-refractivity contribution in [2.75, 3.05) is 7.11 Å². The van der Waals surface area contributed by atoms with Gasteiger partial charge in [-0.25, -0.2) is 0 Å². The van der Waals surface area contributed by atoms with Crippen LogP contribution in [0, 0.1) is 6.92 Å². The van der Waals surface area contributed by atoms with E-state index in [1.54, 1.807) is 6.20 Å². The number of benzene rings is 3. The van der Waals surface area contributed by atoms with Crippen molar-refractivity contribution in [2.24, 2.45) is 0 Å². The highest BCUT2D eigenvalue weighted by Crippen LogP contribution is 2.25. The molecule has 4 rings (SSSR count). The third kappa shape index (κ3) is 3.97. The first-order chi connectivity index (χ1) is 14.2. The molecule has 4 aromatic rings. The van der Waals surface area contributed by atoms with E-state index >= 15 is 0 Å². The Morgan fingerprint density at radius 3 is 2.14 bits per heavy atom. The van der Waals surface area contributed by atoms with Crippen molar-refractivity contribution in [3.8, 4) is 28.3 Å². The summed E-state index contributed by atoms with van der Waals surface area (Å²) in [6.07, 6.45) is 1.74. The molecule has 0 N–H and O–H groups in total. The lowest BCUT2D eigenvalue weighted by Gasteiger charge is -2.15. The lowest BCUT2D eigenvalue weighted by molar-refractivity contribution is 0.402. The molecule has 29 heavy (non-hydrogen) atoms. The van der Waals surface area contributed by atoms with E-state index in [2.05, 4.69) is 48.3 Å². The zero-order valence-electron chi connectivity index (χ0n) is 16.5. The summed E-state index contributed by atoms with van der Waals surface area (Å²) in [4.78, 5) is 16.7. The van der Waals surface area contributed by atoms with E-state index in [9.17, 15) is 4.79 Å². The highest BCUT2D eigenvalue weighted by Gasteiger charge is 2.12. The minimum Gasteiger partial charge on any atom is -0.490 e. The first kappa shape index (κ1) is 18.7. The van der Waals surface area contributed by atoms with Crippen LogP contribution in [0.4, 0.5) is 0 Å². The molecule has 0 radical (unpaired) electrons. The molecule has 4 heteroatoms. The Morgan fingerprint density at radius 2 is 1.45 bits per heavy atom. The number of ether oxygens (including phenoxy) is 1. The van der Waals surface area contributed by atoms with Gasteiger partial charge in [0.2, 0.25) is 5.75 Å². The monoisotopic (exact) mass is 382 g/mol. The van der Waals surface area contributed by atoms with Gasteiger partial charge in [0.15, 0.2) is 0 Å². The summed E-state index contributed by atoms with van der Waals surface area (Å²) in [6.45, 7) is 2.68. The topological polar surface area (TPSA) is 44.1 Å². The van der Waals surface area contributed by atoms with Crippen LogP contribution in [0.2, 0.25) is 0 Å². The molecule has 3 aromatic carbocycles. The highest BCUT2D eigenvalue weighted by atomic mass is 16.5. The fraction of sp³-hybridized carbons (Fsp3) is 0.120. The molecule has 1 aromatic heterocycles. The Hall–Kier alpha value is -3.66. The second kappa shape index (κ2) is 8.15. The number of methoxy groups -OCH3 is 1. The van der Waals surface area contributed by atoms with Crippen molar-refractivity contribution in [1.82, 2.24) is 9.55 Å². The Balaban J connectivity index is 1.77. The molecule has 144 valence electrons. The van der Waals surface area contributed by atoms with Crippen molar-refractivity contribution in [3.63, 3.8) is 0 Å². The van der Waals surface area contributed by atoms with Crippen molar-refractivity contribution in [3.05, 3.63) is 107 Å². The molecular weight excluding hydrogens is 360 g/mol. The summed E-state index contributed by atoms with van der Waals surface area (Å²) in [5, 5.41) is 0. The Morgan fingerprint density at radius 1 is 0.828 bits per heavy atom. The van der Waals surface area contributed by atoms with Crippen molar-refractivity contribution in [1.29, 1.82) is 0 Å². The van der Waals surface area contributed by atoms with Crippen LogP contribution in [-0.2, 0) is 6.54 Å². The first-order valence-corrected chi connectivity index (χ1v) is 9.51. The summed E-state index contributed by atoms with van der Waals surface area (Å²) in [5.74, 6) is 0.863. The van der Waals surface area contributed by atoms with Crippen LogP contribution in [0.1, 0.15) is 11.1 Å². The quantitative estimate of drug-likeness (QED) is 0.491. The number of aryl methyl sites for hydroxylation is 1. The molecule has 4 nitrogen and oxygen atoms in total. The minimum atomic E-state index is -0.365. The molecule has 0 atom stereocenters. The molecule has 0 aliphatic rings. The van der Waals surface area contributed by atoms with Gasteiger partial charge in [0.25, 0.3) is 0 Å². The van der Waals surface area contributed by atoms with Gasteiger partial charge in [-0.05, 0) is 29.2 Å². The third-order valence-electron chi connectivity index (χ3n) is 5.04. The maximum atomic E-state index is 12.4. The van der Waals surface area contributed by atoms with Crippen LogP contribution in [0.25, 0.3) is 22.5 Å². The molecule has 0 amide bonds. The number of aromatic nitrogens is 2. The van der Waals surface area contributed by atoms with Crippen molar-refractivity contribution in [2.45, 2.75) is 13.5 Å². The maximum Gasteiger partial charge on any atom is 0.315 e. The molecule has 0 aliphatic carbocycles. The van der Waals surface area contributed by atoms with Crippen molar-refractivity contribution < 1.29 is 4.74 Å². The predicted octanol–water partition coefficient (Wildman–Crippen LogP) is 4.94. The van der Waals surface area contributed by atoms with Crippen molar-refractivity contribution >= 4 is 0 Å². The molecule has 1 heterocycles. The van der Waals surface area contributed by atoms with E-state index in [1.165, 1.54) is 18.2 Å². The molecule has 0 spiro atoms. The minimum absolute atomic E-state index is 0.239. The van der Waals surface area contributed by atoms with Crippen LogP contribution in [0.5, 0.6) is 5.75 Å². The van der Waals surface area contributed by atoms with Gasteiger partial charge in [0, 0.05) is 12.1 Å². The molecule has 0 saturated carbocycles. The number of nitrogens with zero attached hydrogens (tertiary/aromatic N) is 2. The zero-order valence-corrected chi connectivity index (χ0v) is 16.5. The van der Waals surface area contributed by atoms with Crippen LogP contribution < -0.4 is 10.3 Å². The van der Waals surface area contributed by atoms with Crippen LogP contribution in [0.3, 0.4) is 0 Å². The predicted molar refractivity (Wildman–Crippen MR) is 116 cm³/mol. The van der Waals surface area contributed by atoms with Gasteiger partial charge in [-0.15, -0.1) is 0 Å². The average molecular weight is 382 g/mol. The third-order valence-corrected chi connectivity index (χ3v) is 5.04. The van der Waals surface area contributed by atoms with Crippen LogP contribution in [-0.4, -0.2) is 16.7 Å². The number of hydrogen-bond acceptors (Lipinski definition) is 3. The molecule has 0 aliphatic heterocycles. The summed E-state index contributed by atoms with van der Waals surface area (Å²) in [6, 6.07) is 26.5. The second-order valence-electron chi connectivity index (χ2n) is 6.94. The van der Waals surface area contributed by atoms with E-state index in [-0.39, 0.29) is 11.3 Å². The largest absolute Gasteiger partial charge is 0.490 e. The molecular formula is C25H22N2O2. The smallest absolute Gasteiger partial charge is 0.315 e. The molecule has 0 fully saturated rings. The van der Waals surface area contributed by atoms with Gasteiger partial charge < -0.3 is 9.30 Å². The maximum absolute atomic E-state index is 12.4. The van der Waals surface area contributed by atoms with Crippen LogP contribution in [0.15, 0.2) is 89.9 Å². The molecule has 0 unspecified atom stereocenters. The number of rotatable bonds is 5. The highest BCUT2D eigenvalue weighted by molar-refractivity contribution is 5.67. The number of hydrogen-bond donors (Lipinski definition) is 0. The van der Waals surface area contributed by atoms with E-state index in [0.29, 0.717) is 12.4 Å². The van der Waals surface area contributed by atoms with Gasteiger partial charge in [0.1, 0.15) is 5.82 Å². The van der Waals surface area contributed by atoms with Gasteiger partial charge in [0.05, 0.1) is 13.3 Å². The first-order valence-electron chi connectivity index (χ1n) is 9.51. The van der Waals surface area contributed by atoms with Gasteiger partial charge >= 0.3 is 5.56 Å². The van der Waals surface area contributed by atoms with E-state index < -0.39 is 0 Å². The fourth-order valence-corrected chi connectivity index (χ4v) is 3.38. The molecule has 0 saturated heterocycles. The van der Waals surface area contributed by atoms with Crippen LogP contribution >= 0.6 is 0 Å². The standard InChI is InChI=1S/C25H22N2O2/c1-18-8-6-7-11-22(18)16-27-17-23(29-2)25(28)26-24(27)21-14-12-20(13-15-21)19-9-4-3-5-10-19/h3-15,17H,16H2,1-2H3. The Labute approximate surface area is 170 Å². The Kier molecular flexibility index (Phi) is 5.25. The summed E-state index contributed by atoms with van der Waals surface area (Å²) in [5.41, 5.74) is 5.15. The SMILES string of the molecule is COc1cn(Cc2ccccc2C)c(-c2ccc(-c3ccccc3)cc2)nc1=O. The molecule has 0 bridgehead atoms. The van der Waals surface area contributed by atoms with Gasteiger partial charge in [-0.3, -0.25) is 4.79 Å². The Bertz CT molecular complexity index is 1180. The van der Waals surface area contributed by atoms with Gasteiger partial charge in [-0.1, -0.05) is 78.9 Å². The average Bonchev–Trinajstić information content (AvgIpc) is 2.77.